The fourth-order valence-corrected chi connectivity index (χ4v) is 3.58. The predicted octanol–water partition coefficient (Wildman–Crippen LogP) is 2.37. The van der Waals surface area contributed by atoms with Crippen molar-refractivity contribution in [1.29, 1.82) is 5.26 Å². The largest absolute Gasteiger partial charge is 0.494 e. The smallest absolute Gasteiger partial charge is 0.207 e. The van der Waals surface area contributed by atoms with E-state index in [0.29, 0.717) is 60.0 Å². The van der Waals surface area contributed by atoms with Gasteiger partial charge in [-0.05, 0) is 18.6 Å². The van der Waals surface area contributed by atoms with Gasteiger partial charge in [0.25, 0.3) is 0 Å². The lowest BCUT2D eigenvalue weighted by Crippen LogP contribution is -2.50. The van der Waals surface area contributed by atoms with Gasteiger partial charge in [0.2, 0.25) is 5.95 Å². The Hall–Kier alpha value is -3.25. The number of alkyl halides is 1. The number of nitriles is 1. The summed E-state index contributed by atoms with van der Waals surface area (Å²) in [6, 6.07) is 7.49. The van der Waals surface area contributed by atoms with E-state index >= 15 is 0 Å². The molecule has 3 heterocycles. The van der Waals surface area contributed by atoms with Crippen molar-refractivity contribution in [2.45, 2.75) is 25.2 Å². The number of anilines is 1. The maximum absolute atomic E-state index is 14.2. The summed E-state index contributed by atoms with van der Waals surface area (Å²) < 4.78 is 35.2. The Labute approximate surface area is 166 Å². The lowest BCUT2D eigenvalue weighted by molar-refractivity contribution is 0.243. The molecule has 2 N–H and O–H groups in total. The molecule has 1 aliphatic heterocycles. The minimum atomic E-state index is -1.06. The van der Waals surface area contributed by atoms with Gasteiger partial charge in [0.15, 0.2) is 0 Å². The number of imidazole rings is 1. The van der Waals surface area contributed by atoms with Crippen LogP contribution in [0, 0.1) is 17.1 Å². The van der Waals surface area contributed by atoms with E-state index in [0.717, 1.165) is 0 Å². The molecule has 0 aliphatic carbocycles. The average molecular weight is 398 g/mol. The number of nitrogens with zero attached hydrogens (tertiary/aromatic N) is 5. The van der Waals surface area contributed by atoms with E-state index in [1.807, 2.05) is 15.5 Å². The van der Waals surface area contributed by atoms with E-state index in [9.17, 15) is 8.78 Å². The number of fused-ring (bicyclic) bond motifs is 1. The number of pyridine rings is 1. The molecule has 0 saturated carbocycles. The molecule has 2 atom stereocenters. The van der Waals surface area contributed by atoms with Crippen LogP contribution in [-0.4, -0.2) is 46.9 Å². The summed E-state index contributed by atoms with van der Waals surface area (Å²) in [5.41, 5.74) is 8.11. The fraction of sp³-hybridized carbons (Fsp3) is 0.350. The van der Waals surface area contributed by atoms with Gasteiger partial charge < -0.3 is 19.9 Å². The maximum Gasteiger partial charge on any atom is 0.207 e. The molecule has 0 unspecified atom stereocenters. The Morgan fingerprint density at radius 1 is 1.38 bits per heavy atom. The van der Waals surface area contributed by atoms with Gasteiger partial charge in [-0.15, -0.1) is 0 Å². The Kier molecular flexibility index (Phi) is 5.03. The number of rotatable bonds is 4. The number of aromatic nitrogens is 3. The highest BCUT2D eigenvalue weighted by atomic mass is 19.1. The minimum Gasteiger partial charge on any atom is -0.494 e. The molecule has 29 heavy (non-hydrogen) atoms. The second kappa shape index (κ2) is 7.64. The van der Waals surface area contributed by atoms with Gasteiger partial charge in [0.05, 0.1) is 36.5 Å². The van der Waals surface area contributed by atoms with Crippen LogP contribution in [-0.2, 0) is 6.54 Å². The third-order valence-corrected chi connectivity index (χ3v) is 5.11. The molecule has 3 aromatic rings. The van der Waals surface area contributed by atoms with Gasteiger partial charge >= 0.3 is 0 Å². The van der Waals surface area contributed by atoms with E-state index in [-0.39, 0.29) is 0 Å². The van der Waals surface area contributed by atoms with Crippen molar-refractivity contribution in [3.8, 4) is 11.8 Å². The molecule has 4 rings (SSSR count). The number of nitrogens with two attached hydrogens (primary N) is 1. The summed E-state index contributed by atoms with van der Waals surface area (Å²) in [7, 11) is 1.46. The topological polar surface area (TPSA) is 93.0 Å². The highest BCUT2D eigenvalue weighted by Gasteiger charge is 2.30. The molecule has 0 bridgehead atoms. The van der Waals surface area contributed by atoms with Crippen LogP contribution in [0.15, 0.2) is 30.5 Å². The Bertz CT molecular complexity index is 1080. The summed E-state index contributed by atoms with van der Waals surface area (Å²) in [4.78, 5) is 10.9. The number of piperidine rings is 1. The summed E-state index contributed by atoms with van der Waals surface area (Å²) in [6.45, 7) is 1.05. The van der Waals surface area contributed by atoms with Gasteiger partial charge in [0, 0.05) is 31.4 Å². The average Bonchev–Trinajstić information content (AvgIpc) is 3.08. The van der Waals surface area contributed by atoms with E-state index in [1.54, 1.807) is 12.1 Å². The molecule has 0 amide bonds. The lowest BCUT2D eigenvalue weighted by Gasteiger charge is -2.34. The first-order valence-corrected chi connectivity index (χ1v) is 9.23. The Balaban J connectivity index is 1.82. The van der Waals surface area contributed by atoms with Crippen molar-refractivity contribution < 1.29 is 13.5 Å². The molecule has 2 aromatic heterocycles. The van der Waals surface area contributed by atoms with Crippen molar-refractivity contribution in [3.05, 3.63) is 47.5 Å². The molecule has 1 saturated heterocycles. The summed E-state index contributed by atoms with van der Waals surface area (Å²) in [5.74, 6) is 0.420. The van der Waals surface area contributed by atoms with Crippen LogP contribution in [0.5, 0.6) is 5.75 Å². The summed E-state index contributed by atoms with van der Waals surface area (Å²) in [6.07, 6.45) is 0.723. The zero-order valence-corrected chi connectivity index (χ0v) is 15.8. The van der Waals surface area contributed by atoms with Crippen LogP contribution in [0.1, 0.15) is 17.7 Å². The van der Waals surface area contributed by atoms with Gasteiger partial charge in [-0.2, -0.15) is 5.26 Å². The number of methoxy groups -OCH3 is 1. The predicted molar refractivity (Wildman–Crippen MR) is 104 cm³/mol. The van der Waals surface area contributed by atoms with Crippen molar-refractivity contribution >= 4 is 17.0 Å². The van der Waals surface area contributed by atoms with Crippen LogP contribution >= 0.6 is 0 Å². The number of benzene rings is 1. The normalized spacial score (nSPS) is 19.3. The monoisotopic (exact) mass is 398 g/mol. The number of hydrogen-bond donors (Lipinski definition) is 1. The van der Waals surface area contributed by atoms with Crippen LogP contribution in [0.3, 0.4) is 0 Å². The molecule has 1 aliphatic rings. The zero-order chi connectivity index (χ0) is 20.5. The minimum absolute atomic E-state index is 0.297. The molecular weight excluding hydrogens is 378 g/mol. The van der Waals surface area contributed by atoms with E-state index < -0.39 is 18.0 Å². The van der Waals surface area contributed by atoms with E-state index in [4.69, 9.17) is 15.7 Å². The molecule has 9 heteroatoms. The number of halogens is 2. The first kappa shape index (κ1) is 19.1. The molecule has 0 radical (unpaired) electrons. The molecule has 150 valence electrons. The maximum atomic E-state index is 14.2. The van der Waals surface area contributed by atoms with Gasteiger partial charge in [-0.25, -0.2) is 13.8 Å². The molecule has 0 spiro atoms. The Morgan fingerprint density at radius 2 is 2.21 bits per heavy atom. The Morgan fingerprint density at radius 3 is 2.86 bits per heavy atom. The van der Waals surface area contributed by atoms with Crippen LogP contribution in [0.2, 0.25) is 0 Å². The SMILES string of the molecule is COc1cc(F)cc2c1nc(N1CC[C@@H](F)[C@H](N)C1)n2Cc1ccc(C#N)cn1. The number of ether oxygens (including phenoxy) is 1. The number of hydrogen-bond acceptors (Lipinski definition) is 6. The van der Waals surface area contributed by atoms with Crippen LogP contribution in [0.4, 0.5) is 14.7 Å². The van der Waals surface area contributed by atoms with Crippen molar-refractivity contribution in [3.63, 3.8) is 0 Å². The van der Waals surface area contributed by atoms with E-state index in [1.165, 1.54) is 25.4 Å². The second-order valence-electron chi connectivity index (χ2n) is 7.04. The van der Waals surface area contributed by atoms with Gasteiger partial charge in [-0.1, -0.05) is 0 Å². The fourth-order valence-electron chi connectivity index (χ4n) is 3.58. The quantitative estimate of drug-likeness (QED) is 0.725. The third-order valence-electron chi connectivity index (χ3n) is 5.11. The molecule has 7 nitrogen and oxygen atoms in total. The standard InChI is InChI=1S/C20H20F2N6O/c1-29-18-7-13(21)6-17-19(18)26-20(27-5-4-15(22)16(24)11-27)28(17)10-14-3-2-12(8-23)9-25-14/h2-3,6-7,9,15-16H,4-5,10-11,24H2,1H3/t15-,16-/m1/s1. The zero-order valence-electron chi connectivity index (χ0n) is 15.8. The third kappa shape index (κ3) is 3.59. The molecular formula is C20H20F2N6O. The summed E-state index contributed by atoms with van der Waals surface area (Å²) in [5, 5.41) is 8.97. The van der Waals surface area contributed by atoms with E-state index in [2.05, 4.69) is 9.97 Å². The van der Waals surface area contributed by atoms with Crippen molar-refractivity contribution in [2.24, 2.45) is 5.73 Å². The van der Waals surface area contributed by atoms with Gasteiger partial charge in [0.1, 0.15) is 29.3 Å². The van der Waals surface area contributed by atoms with Crippen molar-refractivity contribution in [1.82, 2.24) is 14.5 Å². The lowest BCUT2D eigenvalue weighted by atomic mass is 10.1. The second-order valence-corrected chi connectivity index (χ2v) is 7.04. The van der Waals surface area contributed by atoms with Crippen LogP contribution < -0.4 is 15.4 Å². The molecule has 1 aromatic carbocycles. The first-order chi connectivity index (χ1) is 14.0. The first-order valence-electron chi connectivity index (χ1n) is 9.23. The summed E-state index contributed by atoms with van der Waals surface area (Å²) >= 11 is 0. The highest BCUT2D eigenvalue weighted by Crippen LogP contribution is 2.32. The van der Waals surface area contributed by atoms with Gasteiger partial charge in [-0.3, -0.25) is 4.98 Å². The van der Waals surface area contributed by atoms with Crippen molar-refractivity contribution in [2.75, 3.05) is 25.1 Å². The highest BCUT2D eigenvalue weighted by molar-refractivity contribution is 5.85. The van der Waals surface area contributed by atoms with Crippen LogP contribution in [0.25, 0.3) is 11.0 Å². The molecule has 1 fully saturated rings.